The maximum absolute atomic E-state index is 8.09. The third-order valence-electron chi connectivity index (χ3n) is 1.76. The molecular weight excluding hydrogens is 236 g/mol. The van der Waals surface area contributed by atoms with E-state index < -0.39 is 0 Å². The highest BCUT2D eigenvalue weighted by molar-refractivity contribution is 4.33. The van der Waals surface area contributed by atoms with Crippen molar-refractivity contribution in [2.45, 2.75) is 39.5 Å². The fraction of sp³-hybridized carbons (Fsp3) is 1.00. The Hall–Kier alpha value is -0.200. The van der Waals surface area contributed by atoms with Gasteiger partial charge in [-0.25, -0.2) is 0 Å². The lowest BCUT2D eigenvalue weighted by molar-refractivity contribution is 0.0650. The molecule has 0 fully saturated rings. The number of ether oxygens (including phenoxy) is 2. The van der Waals surface area contributed by atoms with Gasteiger partial charge in [-0.2, -0.15) is 0 Å². The molecule has 5 heteroatoms. The smallest absolute Gasteiger partial charge is 0.0698 e. The normalized spacial score (nSPS) is 9.00. The topological polar surface area (TPSA) is 79.2 Å². The first-order valence-corrected chi connectivity index (χ1v) is 6.65. The van der Waals surface area contributed by atoms with Gasteiger partial charge in [0.1, 0.15) is 0 Å². The van der Waals surface area contributed by atoms with Crippen LogP contribution >= 0.6 is 0 Å². The predicted molar refractivity (Wildman–Crippen MR) is 73.8 cm³/mol. The Labute approximate surface area is 112 Å². The zero-order valence-electron chi connectivity index (χ0n) is 12.2. The molecule has 0 heterocycles. The first-order valence-electron chi connectivity index (χ1n) is 6.65. The van der Waals surface area contributed by atoms with Crippen LogP contribution in [0.2, 0.25) is 0 Å². The Morgan fingerprint density at radius 3 is 1.28 bits per heavy atom. The van der Waals surface area contributed by atoms with E-state index in [1.807, 2.05) is 0 Å². The molecule has 0 aromatic carbocycles. The van der Waals surface area contributed by atoms with Crippen LogP contribution in [0, 0.1) is 0 Å². The van der Waals surface area contributed by atoms with Crippen molar-refractivity contribution in [2.75, 3.05) is 46.8 Å². The van der Waals surface area contributed by atoms with E-state index >= 15 is 0 Å². The van der Waals surface area contributed by atoms with Gasteiger partial charge in [-0.15, -0.1) is 0 Å². The van der Waals surface area contributed by atoms with Crippen LogP contribution < -0.4 is 0 Å². The molecule has 0 rings (SSSR count). The molecule has 0 bridgehead atoms. The average Bonchev–Trinajstić information content (AvgIpc) is 2.42. The third-order valence-corrected chi connectivity index (χ3v) is 1.76. The van der Waals surface area contributed by atoms with Gasteiger partial charge >= 0.3 is 0 Å². The quantitative estimate of drug-likeness (QED) is 0.519. The van der Waals surface area contributed by atoms with Gasteiger partial charge in [0.15, 0.2) is 0 Å². The molecular formula is C13H32O5. The van der Waals surface area contributed by atoms with Crippen molar-refractivity contribution < 1.29 is 24.8 Å². The van der Waals surface area contributed by atoms with Gasteiger partial charge in [0, 0.05) is 20.3 Å². The van der Waals surface area contributed by atoms with E-state index in [1.165, 1.54) is 25.7 Å². The van der Waals surface area contributed by atoms with E-state index in [4.69, 9.17) is 20.1 Å². The second kappa shape index (κ2) is 30.1. The summed E-state index contributed by atoms with van der Waals surface area (Å²) >= 11 is 0. The summed E-state index contributed by atoms with van der Waals surface area (Å²) < 4.78 is 9.95. The molecule has 0 saturated carbocycles. The monoisotopic (exact) mass is 268 g/mol. The molecule has 0 saturated heterocycles. The van der Waals surface area contributed by atoms with Crippen LogP contribution in [0.1, 0.15) is 39.5 Å². The van der Waals surface area contributed by atoms with Crippen LogP contribution in [-0.4, -0.2) is 62.1 Å². The fourth-order valence-electron chi connectivity index (χ4n) is 0.826. The van der Waals surface area contributed by atoms with Crippen molar-refractivity contribution in [1.29, 1.82) is 0 Å². The molecule has 0 aromatic heterocycles. The maximum Gasteiger partial charge on any atom is 0.0698 e. The van der Waals surface area contributed by atoms with Crippen molar-refractivity contribution in [1.82, 2.24) is 0 Å². The Morgan fingerprint density at radius 2 is 1.00 bits per heavy atom. The van der Waals surface area contributed by atoms with Crippen LogP contribution in [0.5, 0.6) is 0 Å². The summed E-state index contributed by atoms with van der Waals surface area (Å²) in [6.45, 7) is 6.97. The largest absolute Gasteiger partial charge is 0.400 e. The number of aliphatic hydroxyl groups excluding tert-OH is 3. The number of hydrogen-bond acceptors (Lipinski definition) is 5. The zero-order valence-corrected chi connectivity index (χ0v) is 12.2. The standard InChI is InChI=1S/C8H18O.C4H10O3.CH4O/c1-3-5-7-9-8-6-4-2;5-1-3-7-4-2-6;1-2/h3-8H2,1-2H3;5-6H,1-4H2;2H,1H3. The van der Waals surface area contributed by atoms with E-state index in [-0.39, 0.29) is 13.2 Å². The summed E-state index contributed by atoms with van der Waals surface area (Å²) in [5, 5.41) is 23.2. The highest BCUT2D eigenvalue weighted by atomic mass is 16.5. The second-order valence-electron chi connectivity index (χ2n) is 3.38. The van der Waals surface area contributed by atoms with E-state index in [2.05, 4.69) is 18.6 Å². The van der Waals surface area contributed by atoms with Gasteiger partial charge in [0.05, 0.1) is 26.4 Å². The first kappa shape index (κ1) is 22.9. The van der Waals surface area contributed by atoms with Crippen molar-refractivity contribution >= 4 is 0 Å². The van der Waals surface area contributed by atoms with Gasteiger partial charge in [-0.05, 0) is 12.8 Å². The summed E-state index contributed by atoms with van der Waals surface area (Å²) in [6, 6.07) is 0. The summed E-state index contributed by atoms with van der Waals surface area (Å²) in [5.41, 5.74) is 0. The molecule has 18 heavy (non-hydrogen) atoms. The summed E-state index contributed by atoms with van der Waals surface area (Å²) in [4.78, 5) is 0. The molecule has 114 valence electrons. The molecule has 0 aromatic rings. The van der Waals surface area contributed by atoms with Gasteiger partial charge in [0.25, 0.3) is 0 Å². The van der Waals surface area contributed by atoms with Crippen LogP contribution in [-0.2, 0) is 9.47 Å². The lowest BCUT2D eigenvalue weighted by atomic mass is 10.3. The highest BCUT2D eigenvalue weighted by Gasteiger charge is 1.84. The Bertz CT molecular complexity index is 91.4. The minimum absolute atomic E-state index is 0.0278. The Balaban J connectivity index is -0.000000225. The SMILES string of the molecule is CCCCOCCCC.CO.OCCOCCO. The van der Waals surface area contributed by atoms with Crippen LogP contribution in [0.4, 0.5) is 0 Å². The van der Waals surface area contributed by atoms with E-state index in [9.17, 15) is 0 Å². The highest BCUT2D eigenvalue weighted by Crippen LogP contribution is 1.91. The molecule has 0 unspecified atom stereocenters. The van der Waals surface area contributed by atoms with Gasteiger partial charge in [-0.3, -0.25) is 0 Å². The van der Waals surface area contributed by atoms with Gasteiger partial charge in [0.2, 0.25) is 0 Å². The third kappa shape index (κ3) is 36.0. The zero-order chi connectivity index (χ0) is 14.5. The van der Waals surface area contributed by atoms with Crippen LogP contribution in [0.25, 0.3) is 0 Å². The number of rotatable bonds is 10. The average molecular weight is 268 g/mol. The summed E-state index contributed by atoms with van der Waals surface area (Å²) in [5.74, 6) is 0. The maximum atomic E-state index is 8.09. The van der Waals surface area contributed by atoms with Crippen molar-refractivity contribution in [3.63, 3.8) is 0 Å². The first-order chi connectivity index (χ1) is 8.83. The molecule has 0 aliphatic heterocycles. The van der Waals surface area contributed by atoms with Crippen molar-refractivity contribution in [3.8, 4) is 0 Å². The molecule has 5 nitrogen and oxygen atoms in total. The molecule has 0 spiro atoms. The van der Waals surface area contributed by atoms with Gasteiger partial charge < -0.3 is 24.8 Å². The molecule has 0 aliphatic rings. The molecule has 0 radical (unpaired) electrons. The van der Waals surface area contributed by atoms with Gasteiger partial charge in [-0.1, -0.05) is 26.7 Å². The molecule has 3 N–H and O–H groups in total. The molecule has 0 aliphatic carbocycles. The molecule has 0 atom stereocenters. The second-order valence-corrected chi connectivity index (χ2v) is 3.38. The summed E-state index contributed by atoms with van der Waals surface area (Å²) in [6.07, 6.45) is 4.91. The number of unbranched alkanes of at least 4 members (excludes halogenated alkanes) is 2. The van der Waals surface area contributed by atoms with E-state index in [1.54, 1.807) is 0 Å². The predicted octanol–water partition coefficient (Wildman–Crippen LogP) is 1.20. The summed E-state index contributed by atoms with van der Waals surface area (Å²) in [7, 11) is 1.00. The van der Waals surface area contributed by atoms with Crippen LogP contribution in [0.3, 0.4) is 0 Å². The lowest BCUT2D eigenvalue weighted by Gasteiger charge is -1.99. The molecule has 0 amide bonds. The van der Waals surface area contributed by atoms with Crippen molar-refractivity contribution in [2.24, 2.45) is 0 Å². The number of hydrogen-bond donors (Lipinski definition) is 3. The van der Waals surface area contributed by atoms with E-state index in [0.717, 1.165) is 20.3 Å². The number of aliphatic hydroxyl groups is 3. The lowest BCUT2D eigenvalue weighted by Crippen LogP contribution is -2.03. The Morgan fingerprint density at radius 1 is 0.667 bits per heavy atom. The van der Waals surface area contributed by atoms with Crippen LogP contribution in [0.15, 0.2) is 0 Å². The Kier molecular flexibility index (Phi) is 38.4. The van der Waals surface area contributed by atoms with E-state index in [0.29, 0.717) is 13.2 Å². The van der Waals surface area contributed by atoms with Crippen molar-refractivity contribution in [3.05, 3.63) is 0 Å². The fourth-order valence-corrected chi connectivity index (χ4v) is 0.826. The minimum atomic E-state index is 0.0278. The minimum Gasteiger partial charge on any atom is -0.400 e.